The quantitative estimate of drug-likeness (QED) is 0.169. The first-order valence-electron chi connectivity index (χ1n) is 22.8. The van der Waals surface area contributed by atoms with Gasteiger partial charge in [-0.1, -0.05) is 70.9 Å². The number of rotatable bonds is 8. The highest BCUT2D eigenvalue weighted by Gasteiger charge is 2.73. The summed E-state index contributed by atoms with van der Waals surface area (Å²) in [6, 6.07) is 6.77. The molecule has 4 fully saturated rings. The standard InChI is InChI=1S/C51H70N2O6/c1-28-18-29(2)20-30(19-28)21-33-26-53-27-34-38-39(48(7,23-36(56)45-47(5,6)59-45)15-13-32-25-52-40(33)41(32)53)35(55)24-51(38,10)50(9)16-14-37-46(3,4)44(58)31(12-11-17-54)22-49(37,8)43(50)42(34)57/h18-20,25-26,31,34,36-37,42-43,45,52,54,56-57H,11-17,21-24,27H2,1-10H3. The van der Waals surface area contributed by atoms with Crippen LogP contribution in [0.2, 0.25) is 0 Å². The number of ether oxygens (including phenoxy) is 1. The number of hydrogen-bond donors (Lipinski definition) is 4. The maximum Gasteiger partial charge on any atom is 0.160 e. The van der Waals surface area contributed by atoms with Crippen molar-refractivity contribution in [2.24, 2.45) is 50.7 Å². The van der Waals surface area contributed by atoms with E-state index < -0.39 is 39.5 Å². The van der Waals surface area contributed by atoms with Gasteiger partial charge in [0.15, 0.2) is 5.78 Å². The van der Waals surface area contributed by atoms with Crippen LogP contribution in [0, 0.1) is 64.6 Å². The van der Waals surface area contributed by atoms with Gasteiger partial charge in [0.1, 0.15) is 11.9 Å². The summed E-state index contributed by atoms with van der Waals surface area (Å²) in [7, 11) is 0. The van der Waals surface area contributed by atoms with Crippen LogP contribution in [0.4, 0.5) is 0 Å². The summed E-state index contributed by atoms with van der Waals surface area (Å²) in [6.07, 6.45) is 9.35. The molecule has 3 aromatic rings. The van der Waals surface area contributed by atoms with E-state index in [1.807, 2.05) is 13.8 Å². The Balaban J connectivity index is 1.24. The summed E-state index contributed by atoms with van der Waals surface area (Å²) in [5.74, 6) is -0.123. The number of aliphatic hydroxyl groups is 3. The molecule has 4 aliphatic carbocycles. The summed E-state index contributed by atoms with van der Waals surface area (Å²) in [4.78, 5) is 33.2. The Bertz CT molecular complexity index is 2240. The number of fused-ring (bicyclic) bond motifs is 4. The summed E-state index contributed by atoms with van der Waals surface area (Å²) in [6.45, 7) is 22.5. The third-order valence-electron chi connectivity index (χ3n) is 18.0. The zero-order valence-corrected chi connectivity index (χ0v) is 37.4. The Morgan fingerprint density at radius 3 is 2.36 bits per heavy atom. The summed E-state index contributed by atoms with van der Waals surface area (Å²) < 4.78 is 8.42. The van der Waals surface area contributed by atoms with Crippen LogP contribution in [0.25, 0.3) is 11.0 Å². The van der Waals surface area contributed by atoms with E-state index in [0.29, 0.717) is 50.9 Å². The summed E-state index contributed by atoms with van der Waals surface area (Å²) >= 11 is 0. The number of allylic oxidation sites excluding steroid dienone is 1. The van der Waals surface area contributed by atoms with Crippen molar-refractivity contribution in [2.75, 3.05) is 6.61 Å². The van der Waals surface area contributed by atoms with Gasteiger partial charge in [0.2, 0.25) is 0 Å². The van der Waals surface area contributed by atoms with E-state index in [-0.39, 0.29) is 47.6 Å². The molecule has 8 nitrogen and oxygen atoms in total. The largest absolute Gasteiger partial charge is 0.396 e. The number of carbonyl (C=O) groups is 2. The van der Waals surface area contributed by atoms with E-state index in [0.717, 1.165) is 42.3 Å². The summed E-state index contributed by atoms with van der Waals surface area (Å²) in [5.41, 5.74) is 7.55. The molecule has 0 bridgehead atoms. The number of aliphatic hydroxyl groups excluding tert-OH is 3. The number of benzene rings is 1. The van der Waals surface area contributed by atoms with Crippen LogP contribution in [-0.2, 0) is 33.7 Å². The van der Waals surface area contributed by atoms with Crippen LogP contribution in [0.3, 0.4) is 0 Å². The molecule has 59 heavy (non-hydrogen) atoms. The van der Waals surface area contributed by atoms with E-state index in [2.05, 4.69) is 95.5 Å². The molecule has 1 aromatic carbocycles. The van der Waals surface area contributed by atoms with E-state index in [9.17, 15) is 20.1 Å². The number of H-pyrrole nitrogens is 1. The Labute approximate surface area is 351 Å². The van der Waals surface area contributed by atoms with Crippen molar-refractivity contribution >= 4 is 22.6 Å². The molecule has 1 saturated heterocycles. The maximum absolute atomic E-state index is 15.2. The van der Waals surface area contributed by atoms with Gasteiger partial charge in [-0.3, -0.25) is 9.59 Å². The predicted molar refractivity (Wildman–Crippen MR) is 231 cm³/mol. The molecular weight excluding hydrogens is 737 g/mol. The number of nitrogens with one attached hydrogen (secondary N) is 1. The fourth-order valence-corrected chi connectivity index (χ4v) is 15.5. The first-order valence-corrected chi connectivity index (χ1v) is 22.8. The van der Waals surface area contributed by atoms with Crippen LogP contribution < -0.4 is 0 Å². The molecule has 2 aliphatic heterocycles. The van der Waals surface area contributed by atoms with E-state index in [4.69, 9.17) is 4.74 Å². The number of epoxide rings is 1. The lowest BCUT2D eigenvalue weighted by molar-refractivity contribution is -0.226. The Morgan fingerprint density at radius 1 is 1.00 bits per heavy atom. The number of ketones is 2. The van der Waals surface area contributed by atoms with Crippen molar-refractivity contribution in [3.05, 3.63) is 69.6 Å². The van der Waals surface area contributed by atoms with Crippen molar-refractivity contribution in [3.8, 4) is 0 Å². The maximum atomic E-state index is 15.2. The lowest BCUT2D eigenvalue weighted by atomic mass is 9.34. The minimum atomic E-state index is -0.763. The van der Waals surface area contributed by atoms with E-state index in [1.165, 1.54) is 33.3 Å². The second kappa shape index (κ2) is 13.5. The zero-order valence-electron chi connectivity index (χ0n) is 37.4. The van der Waals surface area contributed by atoms with Crippen molar-refractivity contribution < 1.29 is 29.6 Å². The smallest absolute Gasteiger partial charge is 0.160 e. The molecule has 6 aliphatic rings. The Hall–Kier alpha value is -3.04. The van der Waals surface area contributed by atoms with Gasteiger partial charge < -0.3 is 29.6 Å². The van der Waals surface area contributed by atoms with Crippen molar-refractivity contribution in [1.82, 2.24) is 9.55 Å². The molecule has 320 valence electrons. The molecule has 11 atom stereocenters. The van der Waals surface area contributed by atoms with Gasteiger partial charge in [-0.2, -0.15) is 0 Å². The number of aryl methyl sites for hydroxylation is 3. The van der Waals surface area contributed by atoms with Crippen LogP contribution >= 0.6 is 0 Å². The minimum absolute atomic E-state index is 0.0586. The molecule has 0 amide bonds. The lowest BCUT2D eigenvalue weighted by Gasteiger charge is -2.70. The van der Waals surface area contributed by atoms with Crippen LogP contribution in [-0.4, -0.2) is 67.0 Å². The Morgan fingerprint density at radius 2 is 1.69 bits per heavy atom. The fraction of sp³-hybridized carbons (Fsp3) is 0.686. The minimum Gasteiger partial charge on any atom is -0.396 e. The monoisotopic (exact) mass is 807 g/mol. The van der Waals surface area contributed by atoms with Gasteiger partial charge in [-0.05, 0) is 129 Å². The van der Waals surface area contributed by atoms with E-state index >= 15 is 4.79 Å². The second-order valence-electron chi connectivity index (χ2n) is 22.7. The van der Waals surface area contributed by atoms with Crippen molar-refractivity contribution in [1.29, 1.82) is 0 Å². The molecule has 9 rings (SSSR count). The molecule has 4 N–H and O–H groups in total. The molecule has 2 aromatic heterocycles. The number of aromatic nitrogens is 2. The first kappa shape index (κ1) is 41.3. The third-order valence-corrected chi connectivity index (χ3v) is 18.0. The average molecular weight is 807 g/mol. The topological polar surface area (TPSA) is 128 Å². The van der Waals surface area contributed by atoms with Gasteiger partial charge in [0, 0.05) is 66.6 Å². The highest BCUT2D eigenvalue weighted by molar-refractivity contribution is 6.02. The third kappa shape index (κ3) is 5.95. The number of nitrogens with zero attached hydrogens (tertiary/aromatic N) is 1. The summed E-state index contributed by atoms with van der Waals surface area (Å²) in [5, 5.41) is 35.4. The molecular formula is C51H70N2O6. The first-order chi connectivity index (χ1) is 27.6. The highest BCUT2D eigenvalue weighted by atomic mass is 16.6. The number of hydrogen-bond acceptors (Lipinski definition) is 6. The number of Topliss-reactive ketones (excluding diaryl/α,β-unsaturated/α-hetero) is 2. The Kier molecular flexibility index (Phi) is 9.44. The highest BCUT2D eigenvalue weighted by Crippen LogP contribution is 2.76. The normalized spacial score (nSPS) is 38.9. The molecule has 0 spiro atoms. The number of carbonyl (C=O) groups excluding carboxylic acids is 2. The second-order valence-corrected chi connectivity index (χ2v) is 22.7. The van der Waals surface area contributed by atoms with Gasteiger partial charge >= 0.3 is 0 Å². The van der Waals surface area contributed by atoms with Crippen molar-refractivity contribution in [2.45, 2.75) is 164 Å². The molecule has 11 unspecified atom stereocenters. The van der Waals surface area contributed by atoms with Gasteiger partial charge in [-0.15, -0.1) is 0 Å². The molecule has 0 radical (unpaired) electrons. The van der Waals surface area contributed by atoms with Gasteiger partial charge in [-0.25, -0.2) is 0 Å². The van der Waals surface area contributed by atoms with Crippen LogP contribution in [0.1, 0.15) is 135 Å². The SMILES string of the molecule is Cc1cc(C)cc(Cc2cn3c4c(c[nH]c24)CCC(C)(CC(O)C2OC2(C)C)C2=C4C(C3)C(O)C3C5(C)CC(CCCO)C(=O)C(C)(C)C5CCC3(C)C4(C)CC2=O)c1. The molecule has 3 saturated carbocycles. The zero-order chi connectivity index (χ0) is 42.4. The van der Waals surface area contributed by atoms with Crippen LogP contribution in [0.15, 0.2) is 41.7 Å². The lowest BCUT2D eigenvalue weighted by Crippen LogP contribution is -2.68. The van der Waals surface area contributed by atoms with E-state index in [1.54, 1.807) is 0 Å². The molecule has 4 heterocycles. The van der Waals surface area contributed by atoms with Crippen LogP contribution in [0.5, 0.6) is 0 Å². The molecule has 8 heteroatoms. The average Bonchev–Trinajstić information content (AvgIpc) is 3.39. The van der Waals surface area contributed by atoms with Gasteiger partial charge in [0.25, 0.3) is 0 Å². The van der Waals surface area contributed by atoms with Gasteiger partial charge in [0.05, 0.1) is 28.8 Å². The number of aromatic amines is 1. The predicted octanol–water partition coefficient (Wildman–Crippen LogP) is 8.75. The van der Waals surface area contributed by atoms with Crippen molar-refractivity contribution in [3.63, 3.8) is 0 Å². The fourth-order valence-electron chi connectivity index (χ4n) is 15.5.